The Morgan fingerprint density at radius 2 is 1.30 bits per heavy atom. The van der Waals surface area contributed by atoms with E-state index in [1.54, 1.807) is 0 Å². The average Bonchev–Trinajstić information content (AvgIpc) is 2.88. The zero-order chi connectivity index (χ0) is 29.8. The molecule has 0 saturated carbocycles. The molecule has 3 rings (SSSR count). The summed E-state index contributed by atoms with van der Waals surface area (Å²) in [4.78, 5) is 25.8. The molecule has 214 valence electrons. The standard InChI is InChI=1S/C26H18Cl3F7N2O2/c27-11-20(13-7-14(25(31,32)33)9-15(8-13)26(34,35)36)21(12-28)24(40)38-18-5-6-22(29)19(10-18)23(39)37-17-3-1-16(30)2-4-17/h1-10,20-21H,11-12H2,(H,37,39)(H,38,40). The van der Waals surface area contributed by atoms with Crippen molar-refractivity contribution in [3.05, 3.63) is 93.8 Å². The van der Waals surface area contributed by atoms with Crippen LogP contribution in [0.1, 0.15) is 33.0 Å². The van der Waals surface area contributed by atoms with E-state index in [2.05, 4.69) is 10.6 Å². The molecule has 2 atom stereocenters. The summed E-state index contributed by atoms with van der Waals surface area (Å²) in [6.07, 6.45) is -10.2. The summed E-state index contributed by atoms with van der Waals surface area (Å²) in [6.45, 7) is 0. The van der Waals surface area contributed by atoms with Gasteiger partial charge >= 0.3 is 12.4 Å². The van der Waals surface area contributed by atoms with E-state index >= 15 is 0 Å². The lowest BCUT2D eigenvalue weighted by molar-refractivity contribution is -0.143. The summed E-state index contributed by atoms with van der Waals surface area (Å²) in [5.74, 6) is -5.85. The largest absolute Gasteiger partial charge is 0.416 e. The van der Waals surface area contributed by atoms with Crippen molar-refractivity contribution in [1.82, 2.24) is 0 Å². The summed E-state index contributed by atoms with van der Waals surface area (Å²) in [6, 6.07) is 9.62. The first-order chi connectivity index (χ1) is 18.6. The molecule has 3 aromatic carbocycles. The van der Waals surface area contributed by atoms with E-state index in [1.807, 2.05) is 0 Å². The summed E-state index contributed by atoms with van der Waals surface area (Å²) in [7, 11) is 0. The number of carbonyl (C=O) groups is 2. The summed E-state index contributed by atoms with van der Waals surface area (Å²) < 4.78 is 93.3. The van der Waals surface area contributed by atoms with E-state index in [0.29, 0.717) is 12.1 Å². The fourth-order valence-electron chi connectivity index (χ4n) is 3.73. The number of hydrogen-bond donors (Lipinski definition) is 2. The highest BCUT2D eigenvalue weighted by Gasteiger charge is 2.39. The Morgan fingerprint density at radius 3 is 1.80 bits per heavy atom. The molecule has 0 aliphatic rings. The van der Waals surface area contributed by atoms with Gasteiger partial charge in [-0.05, 0) is 66.2 Å². The quantitative estimate of drug-likeness (QED) is 0.194. The number of rotatable bonds is 8. The number of carbonyl (C=O) groups excluding carboxylic acids is 2. The first-order valence-electron chi connectivity index (χ1n) is 11.2. The number of alkyl halides is 8. The van der Waals surface area contributed by atoms with Crippen LogP contribution in [0.15, 0.2) is 60.7 Å². The Morgan fingerprint density at radius 1 is 0.750 bits per heavy atom. The fourth-order valence-corrected chi connectivity index (χ4v) is 4.68. The zero-order valence-electron chi connectivity index (χ0n) is 19.9. The topological polar surface area (TPSA) is 58.2 Å². The molecule has 0 spiro atoms. The van der Waals surface area contributed by atoms with Gasteiger partial charge in [0.05, 0.1) is 27.6 Å². The Hall–Kier alpha value is -3.02. The van der Waals surface area contributed by atoms with Crippen molar-refractivity contribution in [2.75, 3.05) is 22.4 Å². The van der Waals surface area contributed by atoms with Gasteiger partial charge in [0.1, 0.15) is 5.82 Å². The maximum absolute atomic E-state index is 13.4. The molecule has 3 aromatic rings. The highest BCUT2D eigenvalue weighted by Crippen LogP contribution is 2.40. The average molecular weight is 630 g/mol. The van der Waals surface area contributed by atoms with Crippen LogP contribution in [0, 0.1) is 11.7 Å². The van der Waals surface area contributed by atoms with Crippen molar-refractivity contribution < 1.29 is 40.3 Å². The molecule has 4 nitrogen and oxygen atoms in total. The molecule has 14 heteroatoms. The molecule has 2 amide bonds. The highest BCUT2D eigenvalue weighted by atomic mass is 35.5. The van der Waals surface area contributed by atoms with Crippen LogP contribution < -0.4 is 10.6 Å². The first-order valence-corrected chi connectivity index (χ1v) is 12.7. The minimum Gasteiger partial charge on any atom is -0.326 e. The van der Waals surface area contributed by atoms with Gasteiger partial charge < -0.3 is 10.6 Å². The second-order valence-corrected chi connectivity index (χ2v) is 9.53. The second kappa shape index (κ2) is 12.7. The Labute approximate surface area is 238 Å². The lowest BCUT2D eigenvalue weighted by Gasteiger charge is -2.25. The Kier molecular flexibility index (Phi) is 9.97. The van der Waals surface area contributed by atoms with Crippen LogP contribution in [0.25, 0.3) is 0 Å². The number of anilines is 2. The van der Waals surface area contributed by atoms with Crippen LogP contribution in [-0.2, 0) is 17.1 Å². The molecule has 40 heavy (non-hydrogen) atoms. The van der Waals surface area contributed by atoms with E-state index in [9.17, 15) is 40.3 Å². The molecule has 0 saturated heterocycles. The molecule has 2 unspecified atom stereocenters. The maximum Gasteiger partial charge on any atom is 0.416 e. The predicted octanol–water partition coefficient (Wildman–Crippen LogP) is 8.59. The molecule has 0 aliphatic heterocycles. The minimum absolute atomic E-state index is 0.00576. The number of benzene rings is 3. The first kappa shape index (κ1) is 31.5. The van der Waals surface area contributed by atoms with Crippen molar-refractivity contribution >= 4 is 58.0 Å². The van der Waals surface area contributed by atoms with E-state index in [-0.39, 0.29) is 28.0 Å². The van der Waals surface area contributed by atoms with Gasteiger partial charge in [-0.15, -0.1) is 23.2 Å². The van der Waals surface area contributed by atoms with E-state index in [1.165, 1.54) is 30.3 Å². The van der Waals surface area contributed by atoms with Gasteiger partial charge in [-0.1, -0.05) is 11.6 Å². The van der Waals surface area contributed by atoms with Crippen molar-refractivity contribution in [3.63, 3.8) is 0 Å². The van der Waals surface area contributed by atoms with Crippen molar-refractivity contribution in [2.24, 2.45) is 5.92 Å². The van der Waals surface area contributed by atoms with E-state index in [4.69, 9.17) is 34.8 Å². The third-order valence-corrected chi connectivity index (χ3v) is 6.77. The number of halogens is 10. The van der Waals surface area contributed by atoms with Gasteiger partial charge in [-0.2, -0.15) is 26.3 Å². The van der Waals surface area contributed by atoms with Crippen LogP contribution in [0.4, 0.5) is 42.1 Å². The predicted molar refractivity (Wildman–Crippen MR) is 139 cm³/mol. The number of amides is 2. The third-order valence-electron chi connectivity index (χ3n) is 5.77. The Balaban J connectivity index is 1.89. The molecule has 0 heterocycles. The van der Waals surface area contributed by atoms with E-state index in [0.717, 1.165) is 12.1 Å². The molecule has 0 fully saturated rings. The molecule has 0 bridgehead atoms. The van der Waals surface area contributed by atoms with Crippen molar-refractivity contribution in [2.45, 2.75) is 18.3 Å². The minimum atomic E-state index is -5.10. The monoisotopic (exact) mass is 628 g/mol. The molecule has 0 radical (unpaired) electrons. The maximum atomic E-state index is 13.4. The lowest BCUT2D eigenvalue weighted by atomic mass is 9.86. The van der Waals surface area contributed by atoms with Crippen molar-refractivity contribution in [1.29, 1.82) is 0 Å². The Bertz CT molecular complexity index is 1350. The third kappa shape index (κ3) is 7.80. The van der Waals surface area contributed by atoms with Gasteiger partial charge in [-0.3, -0.25) is 9.59 Å². The lowest BCUT2D eigenvalue weighted by Crippen LogP contribution is -2.31. The SMILES string of the molecule is O=C(Nc1ccc(F)cc1)c1cc(NC(=O)C(CCl)C(CCl)c2cc(C(F)(F)F)cc(C(F)(F)F)c2)ccc1Cl. The van der Waals surface area contributed by atoms with E-state index < -0.39 is 70.3 Å². The molecule has 0 aliphatic carbocycles. The van der Waals surface area contributed by atoms with Crippen LogP contribution in [0.2, 0.25) is 5.02 Å². The number of nitrogens with one attached hydrogen (secondary N) is 2. The van der Waals surface area contributed by atoms with Crippen LogP contribution in [-0.4, -0.2) is 23.6 Å². The summed E-state index contributed by atoms with van der Waals surface area (Å²) in [5, 5.41) is 4.94. The normalized spacial score (nSPS) is 13.4. The van der Waals surface area contributed by atoms with Crippen LogP contribution in [0.3, 0.4) is 0 Å². The van der Waals surface area contributed by atoms with Gasteiger partial charge in [-0.25, -0.2) is 4.39 Å². The molecule has 0 aromatic heterocycles. The van der Waals surface area contributed by atoms with Gasteiger partial charge in [0.25, 0.3) is 5.91 Å². The van der Waals surface area contributed by atoms with Crippen LogP contribution >= 0.6 is 34.8 Å². The molecule has 2 N–H and O–H groups in total. The highest BCUT2D eigenvalue weighted by molar-refractivity contribution is 6.34. The van der Waals surface area contributed by atoms with Gasteiger partial charge in [0, 0.05) is 29.1 Å². The van der Waals surface area contributed by atoms with Gasteiger partial charge in [0.2, 0.25) is 5.91 Å². The molecular weight excluding hydrogens is 612 g/mol. The molecular formula is C26H18Cl3F7N2O2. The zero-order valence-corrected chi connectivity index (χ0v) is 22.2. The van der Waals surface area contributed by atoms with Crippen molar-refractivity contribution in [3.8, 4) is 0 Å². The number of hydrogen-bond acceptors (Lipinski definition) is 2. The van der Waals surface area contributed by atoms with Crippen LogP contribution in [0.5, 0.6) is 0 Å². The fraction of sp³-hybridized carbons (Fsp3) is 0.231. The van der Waals surface area contributed by atoms with Gasteiger partial charge in [0.15, 0.2) is 0 Å². The smallest absolute Gasteiger partial charge is 0.326 e. The summed E-state index contributed by atoms with van der Waals surface area (Å²) >= 11 is 18.0. The second-order valence-electron chi connectivity index (χ2n) is 8.51. The summed E-state index contributed by atoms with van der Waals surface area (Å²) in [5.41, 5.74) is -3.40.